The van der Waals surface area contributed by atoms with Crippen LogP contribution in [0, 0.1) is 10.1 Å². The second kappa shape index (κ2) is 5.07. The summed E-state index contributed by atoms with van der Waals surface area (Å²) in [6, 6.07) is 9.56. The van der Waals surface area contributed by atoms with Gasteiger partial charge in [-0.15, -0.1) is 0 Å². The van der Waals surface area contributed by atoms with Crippen LogP contribution >= 0.6 is 11.6 Å². The molecule has 6 heteroatoms. The fourth-order valence-electron chi connectivity index (χ4n) is 1.61. The van der Waals surface area contributed by atoms with Crippen LogP contribution in [0.4, 0.5) is 5.69 Å². The first-order valence-electron chi connectivity index (χ1n) is 5.27. The van der Waals surface area contributed by atoms with Gasteiger partial charge < -0.3 is 5.11 Å². The molecule has 1 N–H and O–H groups in total. The molecule has 2 rings (SSSR count). The number of nitro groups is 1. The Labute approximate surface area is 113 Å². The number of hydrogen-bond donors (Lipinski definition) is 1. The molecule has 2 aromatic rings. The molecule has 0 unspecified atom stereocenters. The van der Waals surface area contributed by atoms with Crippen LogP contribution < -0.4 is 0 Å². The van der Waals surface area contributed by atoms with Gasteiger partial charge >= 0.3 is 0 Å². The number of phenols is 1. The van der Waals surface area contributed by atoms with E-state index in [0.29, 0.717) is 0 Å². The maximum Gasteiger partial charge on any atom is 0.270 e. The first-order valence-corrected chi connectivity index (χ1v) is 5.65. The summed E-state index contributed by atoms with van der Waals surface area (Å²) in [5.41, 5.74) is -0.240. The summed E-state index contributed by atoms with van der Waals surface area (Å²) in [6.07, 6.45) is 0. The smallest absolute Gasteiger partial charge is 0.270 e. The van der Waals surface area contributed by atoms with Gasteiger partial charge in [-0.25, -0.2) is 0 Å². The number of ketones is 1. The Morgan fingerprint density at radius 3 is 2.47 bits per heavy atom. The highest BCUT2D eigenvalue weighted by atomic mass is 35.5. The third-order valence-corrected chi connectivity index (χ3v) is 2.88. The molecule has 0 aliphatic rings. The van der Waals surface area contributed by atoms with Crippen molar-refractivity contribution in [3.8, 4) is 5.75 Å². The van der Waals surface area contributed by atoms with Gasteiger partial charge in [-0.2, -0.15) is 0 Å². The van der Waals surface area contributed by atoms with Gasteiger partial charge in [0.15, 0.2) is 5.78 Å². The zero-order valence-electron chi connectivity index (χ0n) is 9.54. The van der Waals surface area contributed by atoms with E-state index in [-0.39, 0.29) is 27.6 Å². The highest BCUT2D eigenvalue weighted by Gasteiger charge is 2.19. The molecule has 0 aromatic heterocycles. The minimum absolute atomic E-state index is 0.151. The van der Waals surface area contributed by atoms with E-state index >= 15 is 0 Å². The van der Waals surface area contributed by atoms with Gasteiger partial charge in [0.05, 0.1) is 15.5 Å². The molecule has 0 amide bonds. The summed E-state index contributed by atoms with van der Waals surface area (Å²) in [7, 11) is 0. The minimum Gasteiger partial charge on any atom is -0.507 e. The van der Waals surface area contributed by atoms with Gasteiger partial charge in [-0.3, -0.25) is 14.9 Å². The Hall–Kier alpha value is -2.40. The summed E-state index contributed by atoms with van der Waals surface area (Å²) in [5, 5.41) is 20.6. The van der Waals surface area contributed by atoms with Crippen molar-refractivity contribution in [1.82, 2.24) is 0 Å². The molecule has 0 fully saturated rings. The van der Waals surface area contributed by atoms with Gasteiger partial charge in [-0.1, -0.05) is 23.7 Å². The predicted molar refractivity (Wildman–Crippen MR) is 69.6 cm³/mol. The fourth-order valence-corrected chi connectivity index (χ4v) is 1.83. The van der Waals surface area contributed by atoms with E-state index in [1.807, 2.05) is 0 Å². The number of carbonyl (C=O) groups excluding carboxylic acids is 1. The fraction of sp³-hybridized carbons (Fsp3) is 0. The van der Waals surface area contributed by atoms with E-state index in [9.17, 15) is 20.0 Å². The summed E-state index contributed by atoms with van der Waals surface area (Å²) in [5.74, 6) is -0.887. The molecule has 0 aliphatic carbocycles. The van der Waals surface area contributed by atoms with Crippen molar-refractivity contribution in [1.29, 1.82) is 0 Å². The molecule has 2 aromatic carbocycles. The van der Waals surface area contributed by atoms with Gasteiger partial charge in [-0.05, 0) is 18.2 Å². The first kappa shape index (κ1) is 13.0. The number of nitro benzene ring substituents is 1. The maximum absolute atomic E-state index is 12.2. The Morgan fingerprint density at radius 1 is 1.16 bits per heavy atom. The van der Waals surface area contributed by atoms with Gasteiger partial charge in [0, 0.05) is 17.7 Å². The molecule has 0 atom stereocenters. The first-order chi connectivity index (χ1) is 9.00. The van der Waals surface area contributed by atoms with E-state index in [2.05, 4.69) is 0 Å². The molecule has 0 radical (unpaired) electrons. The minimum atomic E-state index is -0.636. The largest absolute Gasteiger partial charge is 0.507 e. The number of halogens is 1. The van der Waals surface area contributed by atoms with E-state index in [4.69, 9.17) is 11.6 Å². The van der Waals surface area contributed by atoms with Crippen molar-refractivity contribution in [3.05, 3.63) is 68.7 Å². The molecule has 96 valence electrons. The molecule has 19 heavy (non-hydrogen) atoms. The van der Waals surface area contributed by atoms with Crippen molar-refractivity contribution < 1.29 is 14.8 Å². The average molecular weight is 278 g/mol. The number of rotatable bonds is 3. The van der Waals surface area contributed by atoms with Crippen LogP contribution in [0.1, 0.15) is 15.9 Å². The SMILES string of the molecule is O=C(c1cc([N+](=O)[O-])ccc1O)c1ccccc1Cl. The molecule has 0 spiro atoms. The van der Waals surface area contributed by atoms with Crippen molar-refractivity contribution in [2.75, 3.05) is 0 Å². The Morgan fingerprint density at radius 2 is 1.84 bits per heavy atom. The number of aromatic hydroxyl groups is 1. The lowest BCUT2D eigenvalue weighted by Crippen LogP contribution is -2.03. The lowest BCUT2D eigenvalue weighted by Gasteiger charge is -2.05. The Balaban J connectivity index is 2.53. The highest BCUT2D eigenvalue weighted by molar-refractivity contribution is 6.35. The quantitative estimate of drug-likeness (QED) is 0.531. The van der Waals surface area contributed by atoms with Crippen molar-refractivity contribution in [2.24, 2.45) is 0 Å². The third-order valence-electron chi connectivity index (χ3n) is 2.55. The number of benzene rings is 2. The zero-order chi connectivity index (χ0) is 14.0. The summed E-state index contributed by atoms with van der Waals surface area (Å²) < 4.78 is 0. The van der Waals surface area contributed by atoms with Crippen molar-refractivity contribution >= 4 is 23.1 Å². The van der Waals surface area contributed by atoms with Crippen LogP contribution in [0.25, 0.3) is 0 Å². The number of phenolic OH excluding ortho intramolecular Hbond substituents is 1. The third kappa shape index (κ3) is 2.56. The molecule has 0 heterocycles. The Kier molecular flexibility index (Phi) is 3.48. The zero-order valence-corrected chi connectivity index (χ0v) is 10.3. The second-order valence-corrected chi connectivity index (χ2v) is 4.17. The lowest BCUT2D eigenvalue weighted by molar-refractivity contribution is -0.384. The van der Waals surface area contributed by atoms with E-state index in [1.54, 1.807) is 12.1 Å². The van der Waals surface area contributed by atoms with Crippen LogP contribution in [0.3, 0.4) is 0 Å². The number of hydrogen-bond acceptors (Lipinski definition) is 4. The monoisotopic (exact) mass is 277 g/mol. The molecule has 0 saturated carbocycles. The lowest BCUT2D eigenvalue weighted by atomic mass is 10.0. The van der Waals surface area contributed by atoms with Crippen LogP contribution in [-0.2, 0) is 0 Å². The number of non-ortho nitro benzene ring substituents is 1. The van der Waals surface area contributed by atoms with Gasteiger partial charge in [0.2, 0.25) is 0 Å². The normalized spacial score (nSPS) is 10.2. The number of nitrogens with zero attached hydrogens (tertiary/aromatic N) is 1. The van der Waals surface area contributed by atoms with Crippen molar-refractivity contribution in [3.63, 3.8) is 0 Å². The Bertz CT molecular complexity index is 669. The molecular weight excluding hydrogens is 270 g/mol. The molecular formula is C13H8ClNO4. The van der Waals surface area contributed by atoms with E-state index in [0.717, 1.165) is 18.2 Å². The van der Waals surface area contributed by atoms with Crippen molar-refractivity contribution in [2.45, 2.75) is 0 Å². The maximum atomic E-state index is 12.2. The molecule has 0 aliphatic heterocycles. The van der Waals surface area contributed by atoms with E-state index in [1.165, 1.54) is 12.1 Å². The summed E-state index contributed by atoms with van der Waals surface area (Å²) in [6.45, 7) is 0. The van der Waals surface area contributed by atoms with Gasteiger partial charge in [0.1, 0.15) is 5.75 Å². The summed E-state index contributed by atoms with van der Waals surface area (Å²) in [4.78, 5) is 22.2. The predicted octanol–water partition coefficient (Wildman–Crippen LogP) is 3.18. The molecule has 5 nitrogen and oxygen atoms in total. The topological polar surface area (TPSA) is 80.4 Å². The number of carbonyl (C=O) groups is 1. The van der Waals surface area contributed by atoms with Crippen LogP contribution in [0.15, 0.2) is 42.5 Å². The average Bonchev–Trinajstić information content (AvgIpc) is 2.38. The van der Waals surface area contributed by atoms with Crippen LogP contribution in [0.2, 0.25) is 5.02 Å². The molecule has 0 bridgehead atoms. The van der Waals surface area contributed by atoms with Crippen LogP contribution in [-0.4, -0.2) is 15.8 Å². The van der Waals surface area contributed by atoms with E-state index < -0.39 is 10.7 Å². The standard InChI is InChI=1S/C13H8ClNO4/c14-11-4-2-1-3-9(11)13(17)10-7-8(15(18)19)5-6-12(10)16/h1-7,16H. The second-order valence-electron chi connectivity index (χ2n) is 3.77. The molecule has 0 saturated heterocycles. The highest BCUT2D eigenvalue weighted by Crippen LogP contribution is 2.27. The van der Waals surface area contributed by atoms with Crippen LogP contribution in [0.5, 0.6) is 5.75 Å². The van der Waals surface area contributed by atoms with Gasteiger partial charge in [0.25, 0.3) is 5.69 Å². The summed E-state index contributed by atoms with van der Waals surface area (Å²) >= 11 is 5.89.